The molecule has 0 amide bonds. The van der Waals surface area contributed by atoms with E-state index in [1.165, 1.54) is 5.69 Å². The van der Waals surface area contributed by atoms with Gasteiger partial charge < -0.3 is 0 Å². The van der Waals surface area contributed by atoms with Crippen LogP contribution in [-0.4, -0.2) is 15.8 Å². The first-order valence-electron chi connectivity index (χ1n) is 7.02. The van der Waals surface area contributed by atoms with Crippen LogP contribution in [0.25, 0.3) is 0 Å². The Labute approximate surface area is 125 Å². The van der Waals surface area contributed by atoms with E-state index < -0.39 is 0 Å². The molecule has 0 radical (unpaired) electrons. The summed E-state index contributed by atoms with van der Waals surface area (Å²) in [5.74, 6) is 5.71. The van der Waals surface area contributed by atoms with Gasteiger partial charge in [0.05, 0.1) is 15.9 Å². The summed E-state index contributed by atoms with van der Waals surface area (Å²) in [4.78, 5) is 0. The fraction of sp³-hybridized carbons (Fsp3) is 0.786. The fourth-order valence-electron chi connectivity index (χ4n) is 2.37. The normalized spacial score (nSPS) is 13.8. The van der Waals surface area contributed by atoms with Crippen molar-refractivity contribution in [1.82, 2.24) is 15.2 Å². The van der Waals surface area contributed by atoms with Crippen LogP contribution in [0.2, 0.25) is 0 Å². The van der Waals surface area contributed by atoms with Gasteiger partial charge in [-0.15, -0.1) is 0 Å². The maximum Gasteiger partial charge on any atom is 0.0766 e. The third-order valence-electron chi connectivity index (χ3n) is 3.23. The van der Waals surface area contributed by atoms with Crippen LogP contribution in [0.5, 0.6) is 0 Å². The second-order valence-corrected chi connectivity index (χ2v) is 7.00. The highest BCUT2D eigenvalue weighted by Crippen LogP contribution is 2.27. The van der Waals surface area contributed by atoms with Crippen LogP contribution in [0.4, 0.5) is 0 Å². The quantitative estimate of drug-likeness (QED) is 0.622. The van der Waals surface area contributed by atoms with Crippen LogP contribution in [-0.2, 0) is 19.4 Å². The Kier molecular flexibility index (Phi) is 6.02. The van der Waals surface area contributed by atoms with Gasteiger partial charge in [-0.05, 0) is 41.1 Å². The standard InChI is InChI=1S/C14H27BrN4/c1-6-11-13(15)12(19(7-2)18-11)8-10(17-16)9-14(3,4)5/h10,17H,6-9,16H2,1-5H3. The van der Waals surface area contributed by atoms with Crippen molar-refractivity contribution in [2.24, 2.45) is 11.3 Å². The number of hydrogen-bond donors (Lipinski definition) is 2. The maximum absolute atomic E-state index is 5.71. The number of halogens is 1. The molecule has 0 aliphatic heterocycles. The minimum absolute atomic E-state index is 0.258. The van der Waals surface area contributed by atoms with Crippen molar-refractivity contribution in [3.63, 3.8) is 0 Å². The molecule has 1 aromatic heterocycles. The number of rotatable bonds is 6. The van der Waals surface area contributed by atoms with Crippen LogP contribution in [0.15, 0.2) is 4.47 Å². The number of nitrogens with one attached hydrogen (secondary N) is 1. The molecule has 0 aromatic carbocycles. The average Bonchev–Trinajstić information content (AvgIpc) is 2.63. The van der Waals surface area contributed by atoms with E-state index in [1.807, 2.05) is 0 Å². The second-order valence-electron chi connectivity index (χ2n) is 6.21. The van der Waals surface area contributed by atoms with Gasteiger partial charge in [-0.3, -0.25) is 16.0 Å². The van der Waals surface area contributed by atoms with Crippen LogP contribution >= 0.6 is 15.9 Å². The summed E-state index contributed by atoms with van der Waals surface area (Å²) in [6.45, 7) is 11.9. The zero-order valence-electron chi connectivity index (χ0n) is 12.8. The maximum atomic E-state index is 5.71. The van der Waals surface area contributed by atoms with E-state index in [1.54, 1.807) is 0 Å². The van der Waals surface area contributed by atoms with Crippen molar-refractivity contribution in [1.29, 1.82) is 0 Å². The molecule has 0 aliphatic rings. The first-order valence-corrected chi connectivity index (χ1v) is 7.81. The van der Waals surface area contributed by atoms with E-state index >= 15 is 0 Å². The van der Waals surface area contributed by atoms with Crippen LogP contribution < -0.4 is 11.3 Å². The van der Waals surface area contributed by atoms with Crippen LogP contribution in [0, 0.1) is 5.41 Å². The van der Waals surface area contributed by atoms with Gasteiger partial charge in [0, 0.05) is 19.0 Å². The third-order valence-corrected chi connectivity index (χ3v) is 4.14. The van der Waals surface area contributed by atoms with Crippen molar-refractivity contribution in [2.75, 3.05) is 0 Å². The zero-order valence-corrected chi connectivity index (χ0v) is 14.3. The fourth-order valence-corrected chi connectivity index (χ4v) is 3.10. The summed E-state index contributed by atoms with van der Waals surface area (Å²) < 4.78 is 3.22. The lowest BCUT2D eigenvalue weighted by Crippen LogP contribution is -2.40. The van der Waals surface area contributed by atoms with E-state index in [0.29, 0.717) is 0 Å². The number of nitrogens with zero attached hydrogens (tertiary/aromatic N) is 2. The molecule has 19 heavy (non-hydrogen) atoms. The first kappa shape index (κ1) is 16.7. The molecule has 0 saturated carbocycles. The topological polar surface area (TPSA) is 55.9 Å². The minimum Gasteiger partial charge on any atom is -0.271 e. The van der Waals surface area contributed by atoms with Gasteiger partial charge in [-0.1, -0.05) is 27.7 Å². The number of hydrogen-bond acceptors (Lipinski definition) is 3. The SMILES string of the molecule is CCc1nn(CC)c(CC(CC(C)(C)C)NN)c1Br. The van der Waals surface area contributed by atoms with Crippen LogP contribution in [0.1, 0.15) is 52.4 Å². The van der Waals surface area contributed by atoms with E-state index in [9.17, 15) is 0 Å². The summed E-state index contributed by atoms with van der Waals surface area (Å²) in [5.41, 5.74) is 5.58. The van der Waals surface area contributed by atoms with E-state index in [-0.39, 0.29) is 11.5 Å². The molecule has 4 nitrogen and oxygen atoms in total. The van der Waals surface area contributed by atoms with Gasteiger partial charge in [0.25, 0.3) is 0 Å². The molecule has 0 fully saturated rings. The molecule has 0 spiro atoms. The molecule has 1 aromatic rings. The summed E-state index contributed by atoms with van der Waals surface area (Å²) >= 11 is 3.69. The van der Waals surface area contributed by atoms with Crippen LogP contribution in [0.3, 0.4) is 0 Å². The molecule has 110 valence electrons. The summed E-state index contributed by atoms with van der Waals surface area (Å²) in [6.07, 6.45) is 2.88. The van der Waals surface area contributed by atoms with E-state index in [2.05, 4.69) is 65.8 Å². The second kappa shape index (κ2) is 6.86. The van der Waals surface area contributed by atoms with E-state index in [4.69, 9.17) is 5.84 Å². The number of nitrogens with two attached hydrogens (primary N) is 1. The van der Waals surface area contributed by atoms with Gasteiger partial charge >= 0.3 is 0 Å². The molecule has 5 heteroatoms. The van der Waals surface area contributed by atoms with E-state index in [0.717, 1.165) is 36.0 Å². The summed E-state index contributed by atoms with van der Waals surface area (Å²) in [6, 6.07) is 0.267. The summed E-state index contributed by atoms with van der Waals surface area (Å²) in [5, 5.41) is 4.63. The zero-order chi connectivity index (χ0) is 14.6. The Hall–Kier alpha value is -0.390. The van der Waals surface area contributed by atoms with Gasteiger partial charge in [0.15, 0.2) is 0 Å². The Morgan fingerprint density at radius 3 is 2.42 bits per heavy atom. The summed E-state index contributed by atoms with van der Waals surface area (Å²) in [7, 11) is 0. The number of aryl methyl sites for hydroxylation is 2. The first-order chi connectivity index (χ1) is 8.82. The van der Waals surface area contributed by atoms with Gasteiger partial charge in [-0.2, -0.15) is 5.10 Å². The van der Waals surface area contributed by atoms with Crippen molar-refractivity contribution >= 4 is 15.9 Å². The third kappa shape index (κ3) is 4.58. The van der Waals surface area contributed by atoms with Gasteiger partial charge in [0.1, 0.15) is 0 Å². The number of hydrazine groups is 1. The molecule has 1 rings (SSSR count). The molecule has 0 aliphatic carbocycles. The highest BCUT2D eigenvalue weighted by atomic mass is 79.9. The molecule has 0 saturated heterocycles. The predicted molar refractivity (Wildman–Crippen MR) is 83.9 cm³/mol. The number of aromatic nitrogens is 2. The molecule has 1 heterocycles. The molecule has 3 N–H and O–H groups in total. The largest absolute Gasteiger partial charge is 0.271 e. The Balaban J connectivity index is 2.93. The lowest BCUT2D eigenvalue weighted by atomic mass is 9.87. The monoisotopic (exact) mass is 330 g/mol. The highest BCUT2D eigenvalue weighted by Gasteiger charge is 2.22. The Morgan fingerprint density at radius 1 is 1.37 bits per heavy atom. The molecule has 0 bridgehead atoms. The average molecular weight is 331 g/mol. The lowest BCUT2D eigenvalue weighted by molar-refractivity contribution is 0.305. The van der Waals surface area contributed by atoms with Crippen molar-refractivity contribution in [2.45, 2.75) is 66.5 Å². The molecule has 1 atom stereocenters. The Morgan fingerprint density at radius 2 is 2.00 bits per heavy atom. The lowest BCUT2D eigenvalue weighted by Gasteiger charge is -2.25. The minimum atomic E-state index is 0.258. The van der Waals surface area contributed by atoms with Gasteiger partial charge in [-0.25, -0.2) is 0 Å². The van der Waals surface area contributed by atoms with Crippen molar-refractivity contribution < 1.29 is 0 Å². The van der Waals surface area contributed by atoms with Gasteiger partial charge in [0.2, 0.25) is 0 Å². The molecular weight excluding hydrogens is 304 g/mol. The molecular formula is C14H27BrN4. The van der Waals surface area contributed by atoms with Crippen molar-refractivity contribution in [3.8, 4) is 0 Å². The molecule has 1 unspecified atom stereocenters. The predicted octanol–water partition coefficient (Wildman–Crippen LogP) is 3.04. The smallest absolute Gasteiger partial charge is 0.0766 e. The van der Waals surface area contributed by atoms with Crippen molar-refractivity contribution in [3.05, 3.63) is 15.9 Å². The Bertz CT molecular complexity index is 406. The highest BCUT2D eigenvalue weighted by molar-refractivity contribution is 9.10.